The van der Waals surface area contributed by atoms with Crippen LogP contribution in [0.1, 0.15) is 31.0 Å². The predicted octanol–water partition coefficient (Wildman–Crippen LogP) is 0.627. The number of rotatable bonds is 5. The zero-order chi connectivity index (χ0) is 15.4. The van der Waals surface area contributed by atoms with Crippen LogP contribution in [-0.2, 0) is 17.9 Å². The summed E-state index contributed by atoms with van der Waals surface area (Å²) in [6.45, 7) is 7.39. The van der Waals surface area contributed by atoms with Gasteiger partial charge in [0.2, 0.25) is 5.91 Å². The smallest absolute Gasteiger partial charge is 0.236 e. The Morgan fingerprint density at radius 1 is 1.57 bits per heavy atom. The molecule has 0 spiro atoms. The third-order valence-corrected chi connectivity index (χ3v) is 4.18. The van der Waals surface area contributed by atoms with Gasteiger partial charge in [-0.25, -0.2) is 0 Å². The van der Waals surface area contributed by atoms with Crippen LogP contribution < -0.4 is 0 Å². The summed E-state index contributed by atoms with van der Waals surface area (Å²) in [6, 6.07) is 0. The van der Waals surface area contributed by atoms with Gasteiger partial charge < -0.3 is 10.0 Å². The Labute approximate surface area is 126 Å². The van der Waals surface area contributed by atoms with Gasteiger partial charge in [0.25, 0.3) is 0 Å². The van der Waals surface area contributed by atoms with Crippen molar-refractivity contribution in [2.24, 2.45) is 0 Å². The Kier molecular flexibility index (Phi) is 5.36. The van der Waals surface area contributed by atoms with E-state index in [1.165, 1.54) is 0 Å². The number of aliphatic hydroxyl groups is 1. The monoisotopic (exact) mass is 294 g/mol. The summed E-state index contributed by atoms with van der Waals surface area (Å²) < 4.78 is 1.94. The molecule has 1 N–H and O–H groups in total. The molecule has 0 aromatic carbocycles. The maximum Gasteiger partial charge on any atom is 0.236 e. The molecule has 0 bridgehead atoms. The van der Waals surface area contributed by atoms with Gasteiger partial charge in [-0.3, -0.25) is 14.4 Å². The summed E-state index contributed by atoms with van der Waals surface area (Å²) in [5, 5.41) is 14.0. The number of hydrogen-bond donors (Lipinski definition) is 1. The molecule has 2 rings (SSSR count). The van der Waals surface area contributed by atoms with Crippen LogP contribution in [0.2, 0.25) is 0 Å². The van der Waals surface area contributed by atoms with Gasteiger partial charge in [0.05, 0.1) is 18.8 Å². The lowest BCUT2D eigenvalue weighted by atomic mass is 10.1. The second-order valence-electron chi connectivity index (χ2n) is 5.85. The number of piperidine rings is 1. The molecule has 1 fully saturated rings. The molecule has 1 aromatic rings. The van der Waals surface area contributed by atoms with E-state index in [2.05, 4.69) is 12.0 Å². The molecule has 6 heteroatoms. The topological polar surface area (TPSA) is 61.6 Å². The number of aromatic nitrogens is 2. The molecule has 118 valence electrons. The first-order chi connectivity index (χ1) is 10.0. The predicted molar refractivity (Wildman–Crippen MR) is 80.8 cm³/mol. The third kappa shape index (κ3) is 4.04. The van der Waals surface area contributed by atoms with Crippen LogP contribution in [0.15, 0.2) is 6.20 Å². The molecule has 1 atom stereocenters. The van der Waals surface area contributed by atoms with Gasteiger partial charge >= 0.3 is 0 Å². The minimum absolute atomic E-state index is 0.0905. The Balaban J connectivity index is 1.88. The Hall–Kier alpha value is -1.40. The van der Waals surface area contributed by atoms with E-state index in [1.807, 2.05) is 29.7 Å². The molecular formula is C15H26N4O2. The molecular weight excluding hydrogens is 268 g/mol. The minimum Gasteiger partial charge on any atom is -0.392 e. The molecule has 1 aliphatic rings. The summed E-state index contributed by atoms with van der Waals surface area (Å²) in [7, 11) is 1.82. The standard InChI is InChI=1S/C15H26N4O2/c1-4-19-12(2)13(8-16-19)9-17(3)15(21)11-18-7-5-6-14(20)10-18/h8,14,20H,4-7,9-11H2,1-3H3. The molecule has 0 aliphatic carbocycles. The highest BCUT2D eigenvalue weighted by atomic mass is 16.3. The fourth-order valence-corrected chi connectivity index (χ4v) is 2.79. The van der Waals surface area contributed by atoms with Gasteiger partial charge in [-0.15, -0.1) is 0 Å². The lowest BCUT2D eigenvalue weighted by Gasteiger charge is -2.30. The largest absolute Gasteiger partial charge is 0.392 e. The molecule has 2 heterocycles. The summed E-state index contributed by atoms with van der Waals surface area (Å²) in [5.74, 6) is 0.0905. The molecule has 0 radical (unpaired) electrons. The highest BCUT2D eigenvalue weighted by molar-refractivity contribution is 5.78. The van der Waals surface area contributed by atoms with Crippen molar-refractivity contribution in [1.82, 2.24) is 19.6 Å². The molecule has 1 saturated heterocycles. The van der Waals surface area contributed by atoms with E-state index in [4.69, 9.17) is 0 Å². The lowest BCUT2D eigenvalue weighted by Crippen LogP contribution is -2.44. The van der Waals surface area contributed by atoms with E-state index in [1.54, 1.807) is 4.90 Å². The Bertz CT molecular complexity index is 486. The number of likely N-dealkylation sites (tertiary alicyclic amines) is 1. The molecule has 21 heavy (non-hydrogen) atoms. The van der Waals surface area contributed by atoms with E-state index in [9.17, 15) is 9.90 Å². The second kappa shape index (κ2) is 7.04. The molecule has 1 aliphatic heterocycles. The zero-order valence-corrected chi connectivity index (χ0v) is 13.2. The van der Waals surface area contributed by atoms with Crippen molar-refractivity contribution in [2.45, 2.75) is 45.9 Å². The number of amides is 1. The number of likely N-dealkylation sites (N-methyl/N-ethyl adjacent to an activating group) is 1. The number of carbonyl (C=O) groups is 1. The van der Waals surface area contributed by atoms with Crippen molar-refractivity contribution in [3.05, 3.63) is 17.5 Å². The maximum absolute atomic E-state index is 12.3. The van der Waals surface area contributed by atoms with Crippen LogP contribution in [0.25, 0.3) is 0 Å². The lowest BCUT2D eigenvalue weighted by molar-refractivity contribution is -0.132. The van der Waals surface area contributed by atoms with Crippen molar-refractivity contribution in [3.8, 4) is 0 Å². The maximum atomic E-state index is 12.3. The highest BCUT2D eigenvalue weighted by Gasteiger charge is 2.21. The van der Waals surface area contributed by atoms with Crippen molar-refractivity contribution >= 4 is 5.91 Å². The molecule has 1 aromatic heterocycles. The molecule has 0 saturated carbocycles. The summed E-state index contributed by atoms with van der Waals surface area (Å²) in [4.78, 5) is 16.1. The number of aryl methyl sites for hydroxylation is 1. The van der Waals surface area contributed by atoms with E-state index in [0.29, 0.717) is 19.6 Å². The van der Waals surface area contributed by atoms with Gasteiger partial charge in [-0.1, -0.05) is 0 Å². The van der Waals surface area contributed by atoms with Gasteiger partial charge in [0.1, 0.15) is 0 Å². The van der Waals surface area contributed by atoms with Crippen LogP contribution in [0.3, 0.4) is 0 Å². The van der Waals surface area contributed by atoms with E-state index >= 15 is 0 Å². The quantitative estimate of drug-likeness (QED) is 0.865. The first-order valence-electron chi connectivity index (χ1n) is 7.67. The third-order valence-electron chi connectivity index (χ3n) is 4.18. The SMILES string of the molecule is CCn1ncc(CN(C)C(=O)CN2CCCC(O)C2)c1C. The molecule has 1 amide bonds. The van der Waals surface area contributed by atoms with Crippen molar-refractivity contribution in [3.63, 3.8) is 0 Å². The summed E-state index contributed by atoms with van der Waals surface area (Å²) in [5.41, 5.74) is 2.21. The molecule has 1 unspecified atom stereocenters. The van der Waals surface area contributed by atoms with Crippen LogP contribution in [0.5, 0.6) is 0 Å². The van der Waals surface area contributed by atoms with Gasteiger partial charge in [-0.2, -0.15) is 5.10 Å². The van der Waals surface area contributed by atoms with Gasteiger partial charge in [0, 0.05) is 37.9 Å². The van der Waals surface area contributed by atoms with Crippen LogP contribution in [0, 0.1) is 6.92 Å². The Morgan fingerprint density at radius 3 is 2.95 bits per heavy atom. The number of carbonyl (C=O) groups excluding carboxylic acids is 1. The Morgan fingerprint density at radius 2 is 2.33 bits per heavy atom. The number of nitrogens with zero attached hydrogens (tertiary/aromatic N) is 4. The van der Waals surface area contributed by atoms with E-state index < -0.39 is 0 Å². The van der Waals surface area contributed by atoms with E-state index in [-0.39, 0.29) is 12.0 Å². The first kappa shape index (κ1) is 16.0. The number of β-amino-alcohol motifs (C(OH)–C–C–N with tert-alkyl or cyclic N) is 1. The number of hydrogen-bond acceptors (Lipinski definition) is 4. The normalized spacial score (nSPS) is 19.7. The fourth-order valence-electron chi connectivity index (χ4n) is 2.79. The first-order valence-corrected chi connectivity index (χ1v) is 7.67. The minimum atomic E-state index is -0.290. The van der Waals surface area contributed by atoms with Crippen LogP contribution in [0.4, 0.5) is 0 Å². The van der Waals surface area contributed by atoms with Crippen molar-refractivity contribution in [2.75, 3.05) is 26.7 Å². The van der Waals surface area contributed by atoms with Crippen LogP contribution >= 0.6 is 0 Å². The average molecular weight is 294 g/mol. The van der Waals surface area contributed by atoms with Crippen molar-refractivity contribution in [1.29, 1.82) is 0 Å². The average Bonchev–Trinajstić information content (AvgIpc) is 2.79. The zero-order valence-electron chi connectivity index (χ0n) is 13.2. The summed E-state index contributed by atoms with van der Waals surface area (Å²) in [6.07, 6.45) is 3.35. The van der Waals surface area contributed by atoms with Gasteiger partial charge in [0.15, 0.2) is 0 Å². The molecule has 6 nitrogen and oxygen atoms in total. The summed E-state index contributed by atoms with van der Waals surface area (Å²) >= 11 is 0. The highest BCUT2D eigenvalue weighted by Crippen LogP contribution is 2.12. The fraction of sp³-hybridized carbons (Fsp3) is 0.733. The number of aliphatic hydroxyl groups excluding tert-OH is 1. The van der Waals surface area contributed by atoms with Crippen LogP contribution in [-0.4, -0.2) is 63.4 Å². The van der Waals surface area contributed by atoms with Gasteiger partial charge in [-0.05, 0) is 33.2 Å². The second-order valence-corrected chi connectivity index (χ2v) is 5.85. The van der Waals surface area contributed by atoms with E-state index in [0.717, 1.165) is 37.2 Å². The van der Waals surface area contributed by atoms with Crippen molar-refractivity contribution < 1.29 is 9.90 Å².